The van der Waals surface area contributed by atoms with Gasteiger partial charge in [-0.2, -0.15) is 22.0 Å². The van der Waals surface area contributed by atoms with Crippen LogP contribution in [0.4, 0.5) is 22.0 Å². The fraction of sp³-hybridized carbons (Fsp3) is 0.800. The quantitative estimate of drug-likeness (QED) is 0.559. The third-order valence-electron chi connectivity index (χ3n) is 2.06. The summed E-state index contributed by atoms with van der Waals surface area (Å²) in [4.78, 5) is 22.4. The first-order valence-corrected chi connectivity index (χ1v) is 6.33. The molecule has 0 aliphatic heterocycles. The van der Waals surface area contributed by atoms with Gasteiger partial charge in [-0.15, -0.1) is 0 Å². The van der Waals surface area contributed by atoms with Crippen molar-refractivity contribution in [1.29, 1.82) is 0 Å². The topological polar surface area (TPSA) is 43.4 Å². The summed E-state index contributed by atoms with van der Waals surface area (Å²) in [5, 5.41) is -1.38. The molecule has 1 unspecified atom stereocenters. The van der Waals surface area contributed by atoms with E-state index in [0.717, 1.165) is 0 Å². The molecule has 0 aliphatic carbocycles. The summed E-state index contributed by atoms with van der Waals surface area (Å²) in [7, 11) is 0. The minimum atomic E-state index is -5.89. The molecule has 0 bridgehead atoms. The number of halogens is 5. The van der Waals surface area contributed by atoms with Gasteiger partial charge in [0.05, 0.1) is 13.0 Å². The Kier molecular flexibility index (Phi) is 6.74. The Morgan fingerprint density at radius 2 is 1.68 bits per heavy atom. The summed E-state index contributed by atoms with van der Waals surface area (Å²) in [5.74, 6) is -9.26. The highest BCUT2D eigenvalue weighted by Gasteiger charge is 2.64. The fourth-order valence-electron chi connectivity index (χ4n) is 1.19. The molecule has 9 heteroatoms. The standard InChI is InChI=1S/C10H13F5O3S/c1-3-18-7(16)5-6(8(17)19-4-2)9(11,12)10(13,14)15/h6H,3-5H2,1-2H3. The molecule has 0 saturated heterocycles. The zero-order chi connectivity index (χ0) is 15.3. The number of hydrogen-bond donors (Lipinski definition) is 0. The van der Waals surface area contributed by atoms with Gasteiger partial charge in [0.15, 0.2) is 5.12 Å². The van der Waals surface area contributed by atoms with Gasteiger partial charge in [0.2, 0.25) is 0 Å². The maximum Gasteiger partial charge on any atom is 0.454 e. The van der Waals surface area contributed by atoms with Crippen LogP contribution in [0.1, 0.15) is 20.3 Å². The summed E-state index contributed by atoms with van der Waals surface area (Å²) in [5.41, 5.74) is 0. The van der Waals surface area contributed by atoms with Crippen LogP contribution in [-0.2, 0) is 14.3 Å². The number of ether oxygens (including phenoxy) is 1. The van der Waals surface area contributed by atoms with Crippen LogP contribution in [0.5, 0.6) is 0 Å². The van der Waals surface area contributed by atoms with E-state index in [0.29, 0.717) is 11.8 Å². The van der Waals surface area contributed by atoms with E-state index in [1.807, 2.05) is 0 Å². The molecule has 0 fully saturated rings. The van der Waals surface area contributed by atoms with Gasteiger partial charge in [-0.05, 0) is 12.7 Å². The van der Waals surface area contributed by atoms with Crippen LogP contribution < -0.4 is 0 Å². The predicted molar refractivity (Wildman–Crippen MR) is 58.9 cm³/mol. The first kappa shape index (κ1) is 18.1. The van der Waals surface area contributed by atoms with Gasteiger partial charge < -0.3 is 4.74 Å². The smallest absolute Gasteiger partial charge is 0.454 e. The minimum Gasteiger partial charge on any atom is -0.466 e. The Morgan fingerprint density at radius 1 is 1.16 bits per heavy atom. The molecule has 3 nitrogen and oxygen atoms in total. The van der Waals surface area contributed by atoms with Crippen molar-refractivity contribution < 1.29 is 36.3 Å². The zero-order valence-electron chi connectivity index (χ0n) is 10.2. The van der Waals surface area contributed by atoms with E-state index in [4.69, 9.17) is 0 Å². The molecule has 0 aliphatic rings. The van der Waals surface area contributed by atoms with Crippen molar-refractivity contribution in [3.05, 3.63) is 0 Å². The third-order valence-corrected chi connectivity index (χ3v) is 2.92. The highest BCUT2D eigenvalue weighted by atomic mass is 32.2. The van der Waals surface area contributed by atoms with Gasteiger partial charge in [0.1, 0.15) is 5.92 Å². The van der Waals surface area contributed by atoms with E-state index in [1.54, 1.807) is 0 Å². The molecule has 1 atom stereocenters. The van der Waals surface area contributed by atoms with Gasteiger partial charge >= 0.3 is 18.1 Å². The molecule has 0 amide bonds. The van der Waals surface area contributed by atoms with Crippen LogP contribution in [0.15, 0.2) is 0 Å². The molecule has 0 radical (unpaired) electrons. The van der Waals surface area contributed by atoms with Crippen molar-refractivity contribution in [2.24, 2.45) is 5.92 Å². The van der Waals surface area contributed by atoms with E-state index < -0.39 is 35.5 Å². The van der Waals surface area contributed by atoms with Crippen molar-refractivity contribution in [3.8, 4) is 0 Å². The maximum absolute atomic E-state index is 13.2. The number of rotatable bonds is 6. The number of hydrogen-bond acceptors (Lipinski definition) is 4. The number of alkyl halides is 5. The van der Waals surface area contributed by atoms with Crippen molar-refractivity contribution in [2.45, 2.75) is 32.4 Å². The summed E-state index contributed by atoms with van der Waals surface area (Å²) in [6.07, 6.45) is -7.19. The molecule has 19 heavy (non-hydrogen) atoms. The lowest BCUT2D eigenvalue weighted by molar-refractivity contribution is -0.297. The average Bonchev–Trinajstić information content (AvgIpc) is 2.24. The van der Waals surface area contributed by atoms with Crippen LogP contribution in [0.2, 0.25) is 0 Å². The van der Waals surface area contributed by atoms with Gasteiger partial charge in [0.25, 0.3) is 0 Å². The molecule has 0 spiro atoms. The van der Waals surface area contributed by atoms with Gasteiger partial charge in [-0.25, -0.2) is 0 Å². The van der Waals surface area contributed by atoms with E-state index in [-0.39, 0.29) is 12.4 Å². The largest absolute Gasteiger partial charge is 0.466 e. The molecule has 0 saturated carbocycles. The Hall–Kier alpha value is -0.860. The summed E-state index contributed by atoms with van der Waals surface area (Å²) >= 11 is 0.316. The Labute approximate surface area is 110 Å². The molecule has 112 valence electrons. The summed E-state index contributed by atoms with van der Waals surface area (Å²) in [6, 6.07) is 0. The van der Waals surface area contributed by atoms with Gasteiger partial charge in [0, 0.05) is 0 Å². The molecular weight excluding hydrogens is 295 g/mol. The highest BCUT2D eigenvalue weighted by molar-refractivity contribution is 8.13. The Balaban J connectivity index is 5.17. The monoisotopic (exact) mass is 308 g/mol. The lowest BCUT2D eigenvalue weighted by Crippen LogP contribution is -2.47. The molecule has 0 rings (SSSR count). The molecule has 0 aromatic carbocycles. The number of carbonyl (C=O) groups is 2. The van der Waals surface area contributed by atoms with Crippen LogP contribution in [0, 0.1) is 5.92 Å². The molecule has 0 aromatic heterocycles. The minimum absolute atomic E-state index is 0.0338. The predicted octanol–water partition coefficient (Wildman–Crippen LogP) is 3.03. The second-order valence-electron chi connectivity index (χ2n) is 3.43. The van der Waals surface area contributed by atoms with E-state index in [1.165, 1.54) is 13.8 Å². The van der Waals surface area contributed by atoms with Crippen molar-refractivity contribution in [1.82, 2.24) is 0 Å². The van der Waals surface area contributed by atoms with Crippen molar-refractivity contribution >= 4 is 22.8 Å². The molecule has 0 N–H and O–H groups in total. The second kappa shape index (κ2) is 7.06. The number of esters is 1. The SMILES string of the molecule is CCOC(=O)CC(C(=O)SCC)C(F)(F)C(F)(F)F. The molecule has 0 aromatic rings. The van der Waals surface area contributed by atoms with Gasteiger partial charge in [-0.3, -0.25) is 9.59 Å². The van der Waals surface area contributed by atoms with E-state index in [9.17, 15) is 31.5 Å². The summed E-state index contributed by atoms with van der Waals surface area (Å²) < 4.78 is 67.5. The number of carbonyl (C=O) groups excluding carboxylic acids is 2. The van der Waals surface area contributed by atoms with Crippen LogP contribution in [-0.4, -0.2) is 35.5 Å². The van der Waals surface area contributed by atoms with Crippen LogP contribution in [0.3, 0.4) is 0 Å². The van der Waals surface area contributed by atoms with Crippen LogP contribution in [0.25, 0.3) is 0 Å². The van der Waals surface area contributed by atoms with E-state index >= 15 is 0 Å². The first-order valence-electron chi connectivity index (χ1n) is 5.34. The highest BCUT2D eigenvalue weighted by Crippen LogP contribution is 2.44. The number of thioether (sulfide) groups is 1. The van der Waals surface area contributed by atoms with Crippen LogP contribution >= 0.6 is 11.8 Å². The average molecular weight is 308 g/mol. The second-order valence-corrected chi connectivity index (χ2v) is 4.70. The third kappa shape index (κ3) is 4.96. The zero-order valence-corrected chi connectivity index (χ0v) is 11.0. The summed E-state index contributed by atoms with van der Waals surface area (Å²) in [6.45, 7) is 2.63. The Morgan fingerprint density at radius 3 is 2.05 bits per heavy atom. The van der Waals surface area contributed by atoms with Gasteiger partial charge in [-0.1, -0.05) is 18.7 Å². The lowest BCUT2D eigenvalue weighted by Gasteiger charge is -2.26. The molecular formula is C10H13F5O3S. The van der Waals surface area contributed by atoms with E-state index in [2.05, 4.69) is 4.74 Å². The lowest BCUT2D eigenvalue weighted by atomic mass is 9.98. The molecule has 0 heterocycles. The first-order chi connectivity index (χ1) is 8.57. The normalized spacial score (nSPS) is 14.1. The van der Waals surface area contributed by atoms with Crippen molar-refractivity contribution in [2.75, 3.05) is 12.4 Å². The van der Waals surface area contributed by atoms with Crippen molar-refractivity contribution in [3.63, 3.8) is 0 Å². The maximum atomic E-state index is 13.2. The Bertz CT molecular complexity index is 330. The fourth-order valence-corrected chi connectivity index (χ4v) is 1.90.